The molecular weight excluding hydrogens is 156 g/mol. The summed E-state index contributed by atoms with van der Waals surface area (Å²) in [7, 11) is 0. The SMILES string of the molecule is C[C@H]1CC2(CC[C@H]1O)OCCO2. The zero-order chi connectivity index (χ0) is 8.60. The van der Waals surface area contributed by atoms with Crippen LogP contribution >= 0.6 is 0 Å². The highest BCUT2D eigenvalue weighted by Gasteiger charge is 2.42. The lowest BCUT2D eigenvalue weighted by Crippen LogP contribution is -2.41. The lowest BCUT2D eigenvalue weighted by atomic mass is 9.84. The molecule has 0 amide bonds. The van der Waals surface area contributed by atoms with E-state index in [1.54, 1.807) is 0 Å². The molecule has 2 atom stereocenters. The zero-order valence-corrected chi connectivity index (χ0v) is 7.45. The Morgan fingerprint density at radius 3 is 2.58 bits per heavy atom. The molecule has 2 fully saturated rings. The van der Waals surface area contributed by atoms with Crippen molar-refractivity contribution in [3.8, 4) is 0 Å². The van der Waals surface area contributed by atoms with Gasteiger partial charge in [0.1, 0.15) is 0 Å². The van der Waals surface area contributed by atoms with Crippen molar-refractivity contribution in [3.05, 3.63) is 0 Å². The van der Waals surface area contributed by atoms with Crippen molar-refractivity contribution in [3.63, 3.8) is 0 Å². The monoisotopic (exact) mass is 172 g/mol. The van der Waals surface area contributed by atoms with E-state index < -0.39 is 0 Å². The standard InChI is InChI=1S/C9H16O3/c1-7-6-9(3-2-8(7)10)11-4-5-12-9/h7-8,10H,2-6H2,1H3/t7-,8+/m0/s1. The van der Waals surface area contributed by atoms with Crippen molar-refractivity contribution in [2.45, 2.75) is 38.1 Å². The quantitative estimate of drug-likeness (QED) is 0.590. The summed E-state index contributed by atoms with van der Waals surface area (Å²) >= 11 is 0. The van der Waals surface area contributed by atoms with Crippen molar-refractivity contribution in [1.29, 1.82) is 0 Å². The van der Waals surface area contributed by atoms with E-state index in [0.717, 1.165) is 19.3 Å². The second kappa shape index (κ2) is 2.98. The Bertz CT molecular complexity index is 163. The third-order valence-electron chi connectivity index (χ3n) is 2.92. The average molecular weight is 172 g/mol. The smallest absolute Gasteiger partial charge is 0.168 e. The summed E-state index contributed by atoms with van der Waals surface area (Å²) in [4.78, 5) is 0. The summed E-state index contributed by atoms with van der Waals surface area (Å²) < 4.78 is 11.1. The molecule has 0 aromatic carbocycles. The topological polar surface area (TPSA) is 38.7 Å². The highest BCUT2D eigenvalue weighted by Crippen LogP contribution is 2.38. The summed E-state index contributed by atoms with van der Waals surface area (Å²) in [6, 6.07) is 0. The molecule has 0 aromatic rings. The fourth-order valence-corrected chi connectivity index (χ4v) is 2.14. The van der Waals surface area contributed by atoms with Gasteiger partial charge in [0.15, 0.2) is 5.79 Å². The van der Waals surface area contributed by atoms with Gasteiger partial charge >= 0.3 is 0 Å². The maximum Gasteiger partial charge on any atom is 0.168 e. The van der Waals surface area contributed by atoms with Crippen LogP contribution in [0.1, 0.15) is 26.2 Å². The van der Waals surface area contributed by atoms with Crippen LogP contribution in [0, 0.1) is 5.92 Å². The molecule has 12 heavy (non-hydrogen) atoms. The minimum atomic E-state index is -0.335. The number of aliphatic hydroxyl groups excluding tert-OH is 1. The molecule has 2 rings (SSSR count). The maximum atomic E-state index is 9.51. The van der Waals surface area contributed by atoms with Gasteiger partial charge in [-0.3, -0.25) is 0 Å². The Balaban J connectivity index is 2.01. The molecule has 1 aliphatic heterocycles. The van der Waals surface area contributed by atoms with Gasteiger partial charge in [0.05, 0.1) is 19.3 Å². The summed E-state index contributed by atoms with van der Waals surface area (Å²) in [6.45, 7) is 3.47. The van der Waals surface area contributed by atoms with Crippen LogP contribution in [0.3, 0.4) is 0 Å². The van der Waals surface area contributed by atoms with E-state index in [-0.39, 0.29) is 11.9 Å². The predicted octanol–water partition coefficient (Wildman–Crippen LogP) is 0.910. The van der Waals surface area contributed by atoms with Gasteiger partial charge in [0, 0.05) is 12.8 Å². The third-order valence-corrected chi connectivity index (χ3v) is 2.92. The summed E-state index contributed by atoms with van der Waals surface area (Å²) in [5, 5.41) is 9.51. The molecule has 1 N–H and O–H groups in total. The number of hydrogen-bond donors (Lipinski definition) is 1. The van der Waals surface area contributed by atoms with Crippen LogP contribution in [-0.4, -0.2) is 30.2 Å². The van der Waals surface area contributed by atoms with Gasteiger partial charge in [-0.1, -0.05) is 6.92 Å². The van der Waals surface area contributed by atoms with Crippen LogP contribution in [0.5, 0.6) is 0 Å². The Morgan fingerprint density at radius 2 is 2.00 bits per heavy atom. The van der Waals surface area contributed by atoms with Crippen molar-refractivity contribution in [1.82, 2.24) is 0 Å². The number of ether oxygens (including phenoxy) is 2. The number of aliphatic hydroxyl groups is 1. The number of rotatable bonds is 0. The van der Waals surface area contributed by atoms with Crippen molar-refractivity contribution < 1.29 is 14.6 Å². The number of hydrogen-bond acceptors (Lipinski definition) is 3. The van der Waals surface area contributed by atoms with Gasteiger partial charge in [-0.25, -0.2) is 0 Å². The van der Waals surface area contributed by atoms with Gasteiger partial charge in [0.25, 0.3) is 0 Å². The second-order valence-electron chi connectivity index (χ2n) is 3.90. The molecule has 1 heterocycles. The minimum Gasteiger partial charge on any atom is -0.393 e. The Morgan fingerprint density at radius 1 is 1.33 bits per heavy atom. The Hall–Kier alpha value is -0.120. The van der Waals surface area contributed by atoms with Gasteiger partial charge < -0.3 is 14.6 Å². The molecule has 3 nitrogen and oxygen atoms in total. The van der Waals surface area contributed by atoms with Gasteiger partial charge in [-0.15, -0.1) is 0 Å². The molecule has 1 saturated heterocycles. The molecule has 0 aromatic heterocycles. The first-order chi connectivity index (χ1) is 5.72. The molecular formula is C9H16O3. The zero-order valence-electron chi connectivity index (χ0n) is 7.45. The van der Waals surface area contributed by atoms with Crippen LogP contribution in [-0.2, 0) is 9.47 Å². The minimum absolute atomic E-state index is 0.163. The van der Waals surface area contributed by atoms with Crippen LogP contribution < -0.4 is 0 Å². The highest BCUT2D eigenvalue weighted by molar-refractivity contribution is 4.85. The van der Waals surface area contributed by atoms with Crippen LogP contribution in [0.4, 0.5) is 0 Å². The first-order valence-electron chi connectivity index (χ1n) is 4.68. The average Bonchev–Trinajstić information content (AvgIpc) is 2.47. The van der Waals surface area contributed by atoms with E-state index in [1.165, 1.54) is 0 Å². The fraction of sp³-hybridized carbons (Fsp3) is 1.00. The van der Waals surface area contributed by atoms with Gasteiger partial charge in [-0.05, 0) is 12.3 Å². The molecule has 2 aliphatic rings. The maximum absolute atomic E-state index is 9.51. The van der Waals surface area contributed by atoms with E-state index in [9.17, 15) is 5.11 Å². The summed E-state index contributed by atoms with van der Waals surface area (Å²) in [5.41, 5.74) is 0. The largest absolute Gasteiger partial charge is 0.393 e. The predicted molar refractivity (Wildman–Crippen MR) is 43.7 cm³/mol. The molecule has 3 heteroatoms. The van der Waals surface area contributed by atoms with Gasteiger partial charge in [0.2, 0.25) is 0 Å². The van der Waals surface area contributed by atoms with Crippen molar-refractivity contribution in [2.24, 2.45) is 5.92 Å². The van der Waals surface area contributed by atoms with Gasteiger partial charge in [-0.2, -0.15) is 0 Å². The Kier molecular flexibility index (Phi) is 2.10. The molecule has 1 saturated carbocycles. The first kappa shape index (κ1) is 8.48. The molecule has 70 valence electrons. The highest BCUT2D eigenvalue weighted by atomic mass is 16.7. The normalized spacial score (nSPS) is 40.5. The lowest BCUT2D eigenvalue weighted by molar-refractivity contribution is -0.200. The molecule has 1 spiro atoms. The van der Waals surface area contributed by atoms with Crippen LogP contribution in [0.15, 0.2) is 0 Å². The van der Waals surface area contributed by atoms with E-state index in [1.807, 2.05) is 0 Å². The Labute approximate surface area is 72.7 Å². The van der Waals surface area contributed by atoms with E-state index >= 15 is 0 Å². The van der Waals surface area contributed by atoms with Crippen molar-refractivity contribution >= 4 is 0 Å². The molecule has 0 radical (unpaired) electrons. The fourth-order valence-electron chi connectivity index (χ4n) is 2.14. The summed E-state index contributed by atoms with van der Waals surface area (Å²) in [6.07, 6.45) is 2.33. The molecule has 0 bridgehead atoms. The van der Waals surface area contributed by atoms with Crippen LogP contribution in [0.2, 0.25) is 0 Å². The third kappa shape index (κ3) is 1.37. The van der Waals surface area contributed by atoms with Crippen LogP contribution in [0.25, 0.3) is 0 Å². The summed E-state index contributed by atoms with van der Waals surface area (Å²) in [5.74, 6) is -0.0320. The van der Waals surface area contributed by atoms with E-state index in [4.69, 9.17) is 9.47 Å². The second-order valence-corrected chi connectivity index (χ2v) is 3.90. The van der Waals surface area contributed by atoms with E-state index in [2.05, 4.69) is 6.92 Å². The van der Waals surface area contributed by atoms with Crippen molar-refractivity contribution in [2.75, 3.05) is 13.2 Å². The molecule has 1 aliphatic carbocycles. The van der Waals surface area contributed by atoms with E-state index in [0.29, 0.717) is 19.1 Å². The molecule has 0 unspecified atom stereocenters. The first-order valence-corrected chi connectivity index (χ1v) is 4.68. The lowest BCUT2D eigenvalue weighted by Gasteiger charge is -2.37.